The highest BCUT2D eigenvalue weighted by atomic mass is 32.2. The van der Waals surface area contributed by atoms with E-state index in [2.05, 4.69) is 10.2 Å². The van der Waals surface area contributed by atoms with E-state index in [0.717, 1.165) is 0 Å². The Balaban J connectivity index is 1.62. The van der Waals surface area contributed by atoms with Crippen LogP contribution in [-0.4, -0.2) is 45.0 Å². The van der Waals surface area contributed by atoms with Crippen LogP contribution in [0.25, 0.3) is 11.6 Å². The van der Waals surface area contributed by atoms with Crippen molar-refractivity contribution in [1.82, 2.24) is 19.7 Å². The summed E-state index contributed by atoms with van der Waals surface area (Å²) < 4.78 is 25.9. The molecule has 3 aromatic rings. The lowest BCUT2D eigenvalue weighted by Crippen LogP contribution is -2.31. The number of hydrogen-bond acceptors (Lipinski definition) is 6. The molecule has 0 spiro atoms. The summed E-state index contributed by atoms with van der Waals surface area (Å²) in [5.74, 6) is 1.10. The molecule has 0 saturated carbocycles. The molecule has 0 N–H and O–H groups in total. The van der Waals surface area contributed by atoms with Gasteiger partial charge in [-0.3, -0.25) is 4.79 Å². The number of amides is 1. The van der Waals surface area contributed by atoms with E-state index in [1.165, 1.54) is 24.9 Å². The summed E-state index contributed by atoms with van der Waals surface area (Å²) in [7, 11) is 3.24. The van der Waals surface area contributed by atoms with Crippen LogP contribution in [0.2, 0.25) is 0 Å². The van der Waals surface area contributed by atoms with Gasteiger partial charge in [0.1, 0.15) is 0 Å². The van der Waals surface area contributed by atoms with Gasteiger partial charge in [-0.15, -0.1) is 10.2 Å². The SMILES string of the molecule is CCN(Cc1ccc(OC)c(F)c1)C(=O)CSc1nnc(-c2ccco2)n1C. The summed E-state index contributed by atoms with van der Waals surface area (Å²) in [5.41, 5.74) is 0.706. The number of nitrogens with zero attached hydrogens (tertiary/aromatic N) is 4. The predicted octanol–water partition coefficient (Wildman–Crippen LogP) is 3.36. The Morgan fingerprint density at radius 2 is 2.18 bits per heavy atom. The third-order valence-corrected chi connectivity index (χ3v) is 5.23. The predicted molar refractivity (Wildman–Crippen MR) is 103 cm³/mol. The van der Waals surface area contributed by atoms with E-state index in [0.29, 0.717) is 35.4 Å². The van der Waals surface area contributed by atoms with Crippen molar-refractivity contribution in [3.05, 3.63) is 48.0 Å². The number of aromatic nitrogens is 3. The molecule has 0 fully saturated rings. The Bertz CT molecular complexity index is 943. The first-order chi connectivity index (χ1) is 13.5. The lowest BCUT2D eigenvalue weighted by Gasteiger charge is -2.21. The highest BCUT2D eigenvalue weighted by molar-refractivity contribution is 7.99. The zero-order chi connectivity index (χ0) is 20.1. The van der Waals surface area contributed by atoms with Gasteiger partial charge in [-0.2, -0.15) is 0 Å². The van der Waals surface area contributed by atoms with E-state index < -0.39 is 5.82 Å². The van der Waals surface area contributed by atoms with Crippen LogP contribution in [0.15, 0.2) is 46.2 Å². The maximum atomic E-state index is 13.9. The average Bonchev–Trinajstić information content (AvgIpc) is 3.34. The molecule has 0 saturated heterocycles. The molecule has 148 valence electrons. The molecule has 2 heterocycles. The van der Waals surface area contributed by atoms with Crippen molar-refractivity contribution in [3.8, 4) is 17.3 Å². The van der Waals surface area contributed by atoms with Gasteiger partial charge in [0.2, 0.25) is 5.91 Å². The fourth-order valence-corrected chi connectivity index (χ4v) is 3.50. The normalized spacial score (nSPS) is 10.9. The zero-order valence-electron chi connectivity index (χ0n) is 15.9. The van der Waals surface area contributed by atoms with Gasteiger partial charge in [0, 0.05) is 20.1 Å². The number of furan rings is 1. The summed E-state index contributed by atoms with van der Waals surface area (Å²) in [6.07, 6.45) is 1.57. The Kier molecular flexibility index (Phi) is 6.35. The van der Waals surface area contributed by atoms with Gasteiger partial charge in [0.15, 0.2) is 28.3 Å². The Labute approximate surface area is 166 Å². The number of methoxy groups -OCH3 is 1. The van der Waals surface area contributed by atoms with Crippen LogP contribution in [-0.2, 0) is 18.4 Å². The minimum absolute atomic E-state index is 0.0636. The van der Waals surface area contributed by atoms with Crippen molar-refractivity contribution in [2.24, 2.45) is 7.05 Å². The number of rotatable bonds is 8. The number of carbonyl (C=O) groups excluding carboxylic acids is 1. The summed E-state index contributed by atoms with van der Waals surface area (Å²) in [6.45, 7) is 2.73. The monoisotopic (exact) mass is 404 g/mol. The van der Waals surface area contributed by atoms with Crippen LogP contribution in [0.3, 0.4) is 0 Å². The topological polar surface area (TPSA) is 73.4 Å². The van der Waals surface area contributed by atoms with Gasteiger partial charge < -0.3 is 18.6 Å². The van der Waals surface area contributed by atoms with Crippen molar-refractivity contribution >= 4 is 17.7 Å². The van der Waals surface area contributed by atoms with Crippen LogP contribution in [0, 0.1) is 5.82 Å². The molecule has 0 radical (unpaired) electrons. The van der Waals surface area contributed by atoms with E-state index in [9.17, 15) is 9.18 Å². The Hall–Kier alpha value is -2.81. The van der Waals surface area contributed by atoms with Crippen LogP contribution in [0.4, 0.5) is 4.39 Å². The van der Waals surface area contributed by atoms with E-state index in [4.69, 9.17) is 9.15 Å². The summed E-state index contributed by atoms with van der Waals surface area (Å²) in [4.78, 5) is 14.3. The molecule has 1 aromatic carbocycles. The number of benzene rings is 1. The number of hydrogen-bond donors (Lipinski definition) is 0. The average molecular weight is 404 g/mol. The molecule has 0 aliphatic carbocycles. The summed E-state index contributed by atoms with van der Waals surface area (Å²) >= 11 is 1.30. The summed E-state index contributed by atoms with van der Waals surface area (Å²) in [6, 6.07) is 8.29. The third-order valence-electron chi connectivity index (χ3n) is 4.23. The molecule has 28 heavy (non-hydrogen) atoms. The number of halogens is 1. The first-order valence-corrected chi connectivity index (χ1v) is 9.68. The lowest BCUT2D eigenvalue weighted by molar-refractivity contribution is -0.128. The number of thioether (sulfide) groups is 1. The Morgan fingerprint density at radius 1 is 1.36 bits per heavy atom. The maximum Gasteiger partial charge on any atom is 0.233 e. The second-order valence-corrected chi connectivity index (χ2v) is 6.95. The highest BCUT2D eigenvalue weighted by Gasteiger charge is 2.18. The molecule has 1 amide bonds. The lowest BCUT2D eigenvalue weighted by atomic mass is 10.2. The molecule has 0 unspecified atom stereocenters. The van der Waals surface area contributed by atoms with Gasteiger partial charge in [-0.25, -0.2) is 4.39 Å². The fourth-order valence-electron chi connectivity index (χ4n) is 2.68. The highest BCUT2D eigenvalue weighted by Crippen LogP contribution is 2.23. The second kappa shape index (κ2) is 8.92. The number of carbonyl (C=O) groups is 1. The number of ether oxygens (including phenoxy) is 1. The molecule has 0 aliphatic heterocycles. The van der Waals surface area contributed by atoms with Crippen molar-refractivity contribution in [3.63, 3.8) is 0 Å². The van der Waals surface area contributed by atoms with Gasteiger partial charge >= 0.3 is 0 Å². The maximum absolute atomic E-state index is 13.9. The molecule has 3 rings (SSSR count). The van der Waals surface area contributed by atoms with Crippen LogP contribution in [0.1, 0.15) is 12.5 Å². The molecule has 0 aliphatic rings. The van der Waals surface area contributed by atoms with Gasteiger partial charge in [-0.1, -0.05) is 17.8 Å². The molecular formula is C19H21FN4O3S. The molecule has 0 bridgehead atoms. The van der Waals surface area contributed by atoms with E-state index >= 15 is 0 Å². The van der Waals surface area contributed by atoms with Crippen molar-refractivity contribution in [1.29, 1.82) is 0 Å². The molecule has 7 nitrogen and oxygen atoms in total. The minimum Gasteiger partial charge on any atom is -0.494 e. The van der Waals surface area contributed by atoms with E-state index in [1.807, 2.05) is 14.0 Å². The fraction of sp³-hybridized carbons (Fsp3) is 0.316. The van der Waals surface area contributed by atoms with Gasteiger partial charge in [0.05, 0.1) is 19.1 Å². The quantitative estimate of drug-likeness (QED) is 0.536. The van der Waals surface area contributed by atoms with Crippen molar-refractivity contribution in [2.75, 3.05) is 19.4 Å². The van der Waals surface area contributed by atoms with Crippen molar-refractivity contribution in [2.45, 2.75) is 18.6 Å². The third kappa shape index (κ3) is 4.36. The molecule has 0 atom stereocenters. The second-order valence-electron chi connectivity index (χ2n) is 6.01. The minimum atomic E-state index is -0.442. The van der Waals surface area contributed by atoms with Gasteiger partial charge in [0.25, 0.3) is 0 Å². The smallest absolute Gasteiger partial charge is 0.233 e. The molecule has 9 heteroatoms. The Morgan fingerprint density at radius 3 is 2.82 bits per heavy atom. The van der Waals surface area contributed by atoms with Crippen molar-refractivity contribution < 1.29 is 18.3 Å². The summed E-state index contributed by atoms with van der Waals surface area (Å²) in [5, 5.41) is 8.86. The van der Waals surface area contributed by atoms with Gasteiger partial charge in [-0.05, 0) is 36.8 Å². The zero-order valence-corrected chi connectivity index (χ0v) is 16.7. The largest absolute Gasteiger partial charge is 0.494 e. The van der Waals surface area contributed by atoms with Crippen LogP contribution >= 0.6 is 11.8 Å². The molecule has 2 aromatic heterocycles. The van der Waals surface area contributed by atoms with E-state index in [1.54, 1.807) is 40.0 Å². The first kappa shape index (κ1) is 19.9. The van der Waals surface area contributed by atoms with Crippen LogP contribution < -0.4 is 4.74 Å². The molecular weight excluding hydrogens is 383 g/mol. The standard InChI is InChI=1S/C19H21FN4O3S/c1-4-24(11-13-7-8-15(26-3)14(20)10-13)17(25)12-28-19-22-21-18(23(19)2)16-6-5-9-27-16/h5-10H,4,11-12H2,1-3H3. The van der Waals surface area contributed by atoms with E-state index in [-0.39, 0.29) is 17.4 Å². The van der Waals surface area contributed by atoms with Crippen LogP contribution in [0.5, 0.6) is 5.75 Å². The first-order valence-electron chi connectivity index (χ1n) is 8.69.